The molecule has 150 valence electrons. The van der Waals surface area contributed by atoms with Crippen LogP contribution in [-0.4, -0.2) is 39.6 Å². The second kappa shape index (κ2) is 8.14. The van der Waals surface area contributed by atoms with Gasteiger partial charge in [0, 0.05) is 5.56 Å². The fourth-order valence-electron chi connectivity index (χ4n) is 3.64. The van der Waals surface area contributed by atoms with Crippen LogP contribution in [0.25, 0.3) is 11.1 Å². The molecule has 2 fully saturated rings. The summed E-state index contributed by atoms with van der Waals surface area (Å²) in [5.74, 6) is 1.65. The number of benzene rings is 2. The Kier molecular flexibility index (Phi) is 5.61. The van der Waals surface area contributed by atoms with Crippen LogP contribution in [0.15, 0.2) is 48.5 Å². The lowest BCUT2D eigenvalue weighted by Gasteiger charge is -2.41. The smallest absolute Gasteiger partial charge is 0.168 e. The predicted molar refractivity (Wildman–Crippen MR) is 110 cm³/mol. The molecule has 0 N–H and O–H groups in total. The summed E-state index contributed by atoms with van der Waals surface area (Å²) in [5, 5.41) is 0. The quantitative estimate of drug-likeness (QED) is 0.614. The van der Waals surface area contributed by atoms with Crippen molar-refractivity contribution < 1.29 is 18.9 Å². The summed E-state index contributed by atoms with van der Waals surface area (Å²) in [6, 6.07) is 16.5. The summed E-state index contributed by atoms with van der Waals surface area (Å²) in [6.45, 7) is 8.78. The first-order valence-corrected chi connectivity index (χ1v) is 10.3. The van der Waals surface area contributed by atoms with Crippen molar-refractivity contribution in [3.8, 4) is 22.6 Å². The minimum absolute atomic E-state index is 0.119. The molecule has 0 atom stereocenters. The Morgan fingerprint density at radius 2 is 1.36 bits per heavy atom. The summed E-state index contributed by atoms with van der Waals surface area (Å²) >= 11 is 0. The van der Waals surface area contributed by atoms with E-state index in [0.717, 1.165) is 61.9 Å². The highest BCUT2D eigenvalue weighted by Crippen LogP contribution is 2.42. The molecule has 0 spiro atoms. The number of hydrogen-bond donors (Lipinski definition) is 0. The predicted octanol–water partition coefficient (Wildman–Crippen LogP) is 4.96. The fraction of sp³-hybridized carbons (Fsp3) is 0.500. The van der Waals surface area contributed by atoms with Crippen molar-refractivity contribution in [2.45, 2.75) is 26.7 Å². The van der Waals surface area contributed by atoms with Gasteiger partial charge in [-0.05, 0) is 24.5 Å². The third-order valence-corrected chi connectivity index (χ3v) is 6.25. The van der Waals surface area contributed by atoms with E-state index in [4.69, 9.17) is 18.9 Å². The van der Waals surface area contributed by atoms with E-state index in [1.807, 2.05) is 18.2 Å². The van der Waals surface area contributed by atoms with E-state index in [1.165, 1.54) is 0 Å². The third-order valence-electron chi connectivity index (χ3n) is 6.25. The van der Waals surface area contributed by atoms with Gasteiger partial charge in [0.2, 0.25) is 0 Å². The molecule has 0 unspecified atom stereocenters. The van der Waals surface area contributed by atoms with Crippen molar-refractivity contribution in [2.24, 2.45) is 10.8 Å². The van der Waals surface area contributed by atoms with Crippen LogP contribution in [-0.2, 0) is 9.47 Å². The highest BCUT2D eigenvalue weighted by atomic mass is 16.5. The molecule has 2 saturated heterocycles. The lowest BCUT2D eigenvalue weighted by molar-refractivity contribution is -0.136. The molecule has 2 aliphatic rings. The Labute approximate surface area is 167 Å². The lowest BCUT2D eigenvalue weighted by Crippen LogP contribution is -2.47. The van der Waals surface area contributed by atoms with Crippen LogP contribution < -0.4 is 9.47 Å². The number of hydrogen-bond acceptors (Lipinski definition) is 4. The zero-order valence-corrected chi connectivity index (χ0v) is 16.9. The molecule has 4 nitrogen and oxygen atoms in total. The van der Waals surface area contributed by atoms with Crippen molar-refractivity contribution in [1.82, 2.24) is 0 Å². The molecule has 0 aliphatic carbocycles. The van der Waals surface area contributed by atoms with E-state index in [9.17, 15) is 0 Å². The van der Waals surface area contributed by atoms with Crippen LogP contribution >= 0.6 is 0 Å². The van der Waals surface area contributed by atoms with E-state index in [0.29, 0.717) is 13.2 Å². The van der Waals surface area contributed by atoms with E-state index < -0.39 is 0 Å². The van der Waals surface area contributed by atoms with Crippen LogP contribution in [0.1, 0.15) is 26.7 Å². The first kappa shape index (κ1) is 19.3. The first-order chi connectivity index (χ1) is 13.7. The molecule has 0 amide bonds. The van der Waals surface area contributed by atoms with E-state index in [-0.39, 0.29) is 10.8 Å². The number of rotatable bonds is 9. The maximum absolute atomic E-state index is 6.44. The van der Waals surface area contributed by atoms with E-state index in [1.54, 1.807) is 0 Å². The highest BCUT2D eigenvalue weighted by molar-refractivity contribution is 5.73. The van der Waals surface area contributed by atoms with Crippen LogP contribution in [0.5, 0.6) is 11.5 Å². The Morgan fingerprint density at radius 3 is 1.89 bits per heavy atom. The van der Waals surface area contributed by atoms with Gasteiger partial charge < -0.3 is 18.9 Å². The summed E-state index contributed by atoms with van der Waals surface area (Å²) in [4.78, 5) is 0. The van der Waals surface area contributed by atoms with Crippen molar-refractivity contribution in [3.63, 3.8) is 0 Å². The average Bonchev–Trinajstić information content (AvgIpc) is 2.68. The monoisotopic (exact) mass is 382 g/mol. The van der Waals surface area contributed by atoms with Gasteiger partial charge in [0.15, 0.2) is 11.5 Å². The molecule has 2 aliphatic heterocycles. The van der Waals surface area contributed by atoms with Crippen molar-refractivity contribution in [2.75, 3.05) is 39.6 Å². The summed E-state index contributed by atoms with van der Waals surface area (Å²) in [7, 11) is 0. The van der Waals surface area contributed by atoms with Gasteiger partial charge >= 0.3 is 0 Å². The van der Waals surface area contributed by atoms with Crippen LogP contribution in [0, 0.1) is 10.8 Å². The van der Waals surface area contributed by atoms with Crippen LogP contribution in [0.2, 0.25) is 0 Å². The average molecular weight is 383 g/mol. The molecule has 4 heteroatoms. The standard InChI is InChI=1S/C24H30O4/c1-3-23(13-25-14-23)17-27-21-12-8-11-20(19-9-6-5-7-10-19)22(21)28-18-24(4-2)15-26-16-24/h5-12H,3-4,13-18H2,1-2H3. The molecule has 0 radical (unpaired) electrons. The number of para-hydroxylation sites is 1. The zero-order valence-electron chi connectivity index (χ0n) is 16.9. The Morgan fingerprint density at radius 1 is 0.750 bits per heavy atom. The molecule has 28 heavy (non-hydrogen) atoms. The molecule has 2 aromatic carbocycles. The third kappa shape index (κ3) is 3.76. The van der Waals surface area contributed by atoms with Gasteiger partial charge in [0.05, 0.1) is 50.5 Å². The van der Waals surface area contributed by atoms with Gasteiger partial charge in [-0.25, -0.2) is 0 Å². The SMILES string of the molecule is CCC1(COc2cccc(-c3ccccc3)c2OCC2(CC)COC2)COC1. The van der Waals surface area contributed by atoms with Gasteiger partial charge in [-0.15, -0.1) is 0 Å². The highest BCUT2D eigenvalue weighted by Gasteiger charge is 2.39. The summed E-state index contributed by atoms with van der Waals surface area (Å²) < 4.78 is 23.7. The topological polar surface area (TPSA) is 36.9 Å². The second-order valence-corrected chi connectivity index (χ2v) is 8.27. The van der Waals surface area contributed by atoms with Crippen molar-refractivity contribution in [1.29, 1.82) is 0 Å². The van der Waals surface area contributed by atoms with Gasteiger partial charge in [-0.3, -0.25) is 0 Å². The molecular weight excluding hydrogens is 352 g/mol. The lowest BCUT2D eigenvalue weighted by atomic mass is 9.84. The molecule has 0 bridgehead atoms. The molecule has 4 rings (SSSR count). The van der Waals surface area contributed by atoms with Gasteiger partial charge in [0.1, 0.15) is 0 Å². The van der Waals surface area contributed by atoms with Gasteiger partial charge in [-0.2, -0.15) is 0 Å². The van der Waals surface area contributed by atoms with E-state index >= 15 is 0 Å². The van der Waals surface area contributed by atoms with Crippen LogP contribution in [0.3, 0.4) is 0 Å². The maximum Gasteiger partial charge on any atom is 0.168 e. The fourth-order valence-corrected chi connectivity index (χ4v) is 3.64. The molecule has 2 heterocycles. The van der Waals surface area contributed by atoms with Crippen molar-refractivity contribution >= 4 is 0 Å². The summed E-state index contributed by atoms with van der Waals surface area (Å²) in [6.07, 6.45) is 2.10. The van der Waals surface area contributed by atoms with Gasteiger partial charge in [-0.1, -0.05) is 56.3 Å². The van der Waals surface area contributed by atoms with E-state index in [2.05, 4.69) is 44.2 Å². The van der Waals surface area contributed by atoms with Crippen LogP contribution in [0.4, 0.5) is 0 Å². The Hall–Kier alpha value is -2.04. The largest absolute Gasteiger partial charge is 0.489 e. The molecule has 2 aromatic rings. The zero-order chi connectivity index (χ0) is 19.5. The summed E-state index contributed by atoms with van der Waals surface area (Å²) in [5.41, 5.74) is 2.45. The molecular formula is C24H30O4. The first-order valence-electron chi connectivity index (χ1n) is 10.3. The Bertz CT molecular complexity index is 767. The Balaban J connectivity index is 1.60. The second-order valence-electron chi connectivity index (χ2n) is 8.27. The van der Waals surface area contributed by atoms with Gasteiger partial charge in [0.25, 0.3) is 0 Å². The maximum atomic E-state index is 6.44. The van der Waals surface area contributed by atoms with Crippen molar-refractivity contribution in [3.05, 3.63) is 48.5 Å². The number of ether oxygens (including phenoxy) is 4. The minimum atomic E-state index is 0.119. The molecule has 0 saturated carbocycles. The molecule has 0 aromatic heterocycles. The normalized spacial score (nSPS) is 19.4. The minimum Gasteiger partial charge on any atom is -0.489 e.